The summed E-state index contributed by atoms with van der Waals surface area (Å²) in [5.41, 5.74) is 0. The Labute approximate surface area is 153 Å². The molecule has 0 bridgehead atoms. The summed E-state index contributed by atoms with van der Waals surface area (Å²) in [6, 6.07) is 7.73. The summed E-state index contributed by atoms with van der Waals surface area (Å²) in [5.74, 6) is 1.90. The summed E-state index contributed by atoms with van der Waals surface area (Å²) >= 11 is 10.7. The lowest BCUT2D eigenvalue weighted by Gasteiger charge is -2.02. The van der Waals surface area contributed by atoms with Gasteiger partial charge < -0.3 is 5.32 Å². The molecule has 1 amide bonds. The highest BCUT2D eigenvalue weighted by Crippen LogP contribution is 2.26. The number of thioether (sulfide) groups is 2. The van der Waals surface area contributed by atoms with E-state index in [1.54, 1.807) is 23.5 Å². The van der Waals surface area contributed by atoms with Gasteiger partial charge in [-0.25, -0.2) is 0 Å². The normalized spacial score (nSPS) is 10.7. The summed E-state index contributed by atoms with van der Waals surface area (Å²) in [5, 5.41) is 12.2. The number of aromatic nitrogens is 2. The maximum atomic E-state index is 11.9. The van der Waals surface area contributed by atoms with Crippen LogP contribution in [0.3, 0.4) is 0 Å². The average Bonchev–Trinajstić information content (AvgIpc) is 2.98. The van der Waals surface area contributed by atoms with Gasteiger partial charge in [-0.05, 0) is 42.9 Å². The van der Waals surface area contributed by atoms with E-state index in [2.05, 4.69) is 22.4 Å². The highest BCUT2D eigenvalue weighted by Gasteiger charge is 2.08. The fraction of sp³-hybridized carbons (Fsp3) is 0.400. The molecule has 8 heteroatoms. The number of amides is 1. The summed E-state index contributed by atoms with van der Waals surface area (Å²) in [7, 11) is 0. The van der Waals surface area contributed by atoms with Crippen LogP contribution in [0.5, 0.6) is 0 Å². The van der Waals surface area contributed by atoms with E-state index in [9.17, 15) is 4.79 Å². The van der Waals surface area contributed by atoms with Gasteiger partial charge >= 0.3 is 0 Å². The van der Waals surface area contributed by atoms with Crippen molar-refractivity contribution >= 4 is 57.5 Å². The fourth-order valence-electron chi connectivity index (χ4n) is 1.64. The molecule has 0 atom stereocenters. The van der Waals surface area contributed by atoms with E-state index in [1.807, 2.05) is 24.3 Å². The minimum Gasteiger partial charge on any atom is -0.301 e. The van der Waals surface area contributed by atoms with Crippen molar-refractivity contribution in [3.05, 3.63) is 29.3 Å². The lowest BCUT2D eigenvalue weighted by atomic mass is 10.3. The first-order valence-electron chi connectivity index (χ1n) is 7.32. The summed E-state index contributed by atoms with van der Waals surface area (Å²) in [4.78, 5) is 13.0. The van der Waals surface area contributed by atoms with Gasteiger partial charge in [0.2, 0.25) is 11.0 Å². The SMILES string of the molecule is CCCSc1nnc(NC(=O)CCCSc2ccc(Cl)cc2)s1. The Hall–Kier alpha value is -0.760. The molecule has 0 radical (unpaired) electrons. The molecular weight excluding hydrogens is 370 g/mol. The Balaban J connectivity index is 1.64. The first-order chi connectivity index (χ1) is 11.2. The smallest absolute Gasteiger partial charge is 0.226 e. The standard InChI is InChI=1S/C15H18ClN3OS3/c1-2-9-22-15-19-18-14(23-15)17-13(20)4-3-10-21-12-7-5-11(16)6-8-12/h5-8H,2-4,9-10H2,1H3,(H,17,18,20). The van der Waals surface area contributed by atoms with Crippen LogP contribution in [0.2, 0.25) is 5.02 Å². The summed E-state index contributed by atoms with van der Waals surface area (Å²) in [6.45, 7) is 2.12. The number of benzene rings is 1. The molecule has 0 saturated carbocycles. The monoisotopic (exact) mass is 387 g/mol. The van der Waals surface area contributed by atoms with Crippen molar-refractivity contribution in [2.24, 2.45) is 0 Å². The molecule has 23 heavy (non-hydrogen) atoms. The molecule has 1 aromatic carbocycles. The van der Waals surface area contributed by atoms with Gasteiger partial charge in [-0.3, -0.25) is 4.79 Å². The van der Waals surface area contributed by atoms with Crippen molar-refractivity contribution in [1.29, 1.82) is 0 Å². The molecule has 2 aromatic rings. The Kier molecular flexibility index (Phi) is 8.22. The van der Waals surface area contributed by atoms with E-state index in [0.717, 1.165) is 38.6 Å². The molecule has 124 valence electrons. The van der Waals surface area contributed by atoms with Crippen molar-refractivity contribution in [1.82, 2.24) is 10.2 Å². The van der Waals surface area contributed by atoms with E-state index in [0.29, 0.717) is 11.6 Å². The van der Waals surface area contributed by atoms with Crippen LogP contribution in [0.25, 0.3) is 0 Å². The minimum absolute atomic E-state index is 0.00935. The van der Waals surface area contributed by atoms with Gasteiger partial charge in [0.05, 0.1) is 0 Å². The molecule has 1 N–H and O–H groups in total. The molecule has 0 aliphatic carbocycles. The average molecular weight is 388 g/mol. The van der Waals surface area contributed by atoms with Gasteiger partial charge in [-0.1, -0.05) is 41.6 Å². The Morgan fingerprint density at radius 1 is 1.22 bits per heavy atom. The van der Waals surface area contributed by atoms with Gasteiger partial charge in [0, 0.05) is 22.1 Å². The van der Waals surface area contributed by atoms with Crippen LogP contribution < -0.4 is 5.32 Å². The highest BCUT2D eigenvalue weighted by atomic mass is 35.5. The fourth-order valence-corrected chi connectivity index (χ4v) is 4.32. The van der Waals surface area contributed by atoms with Crippen molar-refractivity contribution < 1.29 is 4.79 Å². The topological polar surface area (TPSA) is 54.9 Å². The largest absolute Gasteiger partial charge is 0.301 e. The second kappa shape index (κ2) is 10.2. The molecular formula is C15H18ClN3OS3. The molecule has 4 nitrogen and oxygen atoms in total. The van der Waals surface area contributed by atoms with Crippen molar-refractivity contribution in [2.75, 3.05) is 16.8 Å². The number of rotatable bonds is 9. The number of hydrogen-bond donors (Lipinski definition) is 1. The first kappa shape index (κ1) is 18.6. The maximum absolute atomic E-state index is 11.9. The molecule has 0 aliphatic rings. The van der Waals surface area contributed by atoms with Crippen molar-refractivity contribution in [3.8, 4) is 0 Å². The predicted octanol–water partition coefficient (Wildman–Crippen LogP) is 5.20. The van der Waals surface area contributed by atoms with E-state index >= 15 is 0 Å². The Bertz CT molecular complexity index is 619. The second-order valence-corrected chi connectivity index (χ2v) is 8.60. The summed E-state index contributed by atoms with van der Waals surface area (Å²) in [6.07, 6.45) is 2.39. The zero-order chi connectivity index (χ0) is 16.5. The molecule has 1 aromatic heterocycles. The van der Waals surface area contributed by atoms with Crippen molar-refractivity contribution in [3.63, 3.8) is 0 Å². The molecule has 0 unspecified atom stereocenters. The Morgan fingerprint density at radius 3 is 2.74 bits per heavy atom. The van der Waals surface area contributed by atoms with Crippen molar-refractivity contribution in [2.45, 2.75) is 35.4 Å². The zero-order valence-electron chi connectivity index (χ0n) is 12.8. The van der Waals surface area contributed by atoms with Gasteiger partial charge in [0.1, 0.15) is 0 Å². The third-order valence-electron chi connectivity index (χ3n) is 2.71. The third-order valence-corrected chi connectivity index (χ3v) is 6.24. The lowest BCUT2D eigenvalue weighted by Crippen LogP contribution is -2.11. The van der Waals surface area contributed by atoms with Gasteiger partial charge in [-0.2, -0.15) is 0 Å². The summed E-state index contributed by atoms with van der Waals surface area (Å²) < 4.78 is 0.903. The van der Waals surface area contributed by atoms with E-state index in [-0.39, 0.29) is 5.91 Å². The predicted molar refractivity (Wildman–Crippen MR) is 101 cm³/mol. The quantitative estimate of drug-likeness (QED) is 0.364. The molecule has 0 saturated heterocycles. The highest BCUT2D eigenvalue weighted by molar-refractivity contribution is 8.01. The van der Waals surface area contributed by atoms with Crippen LogP contribution in [0.15, 0.2) is 33.5 Å². The number of halogens is 1. The van der Waals surface area contributed by atoms with E-state index in [4.69, 9.17) is 11.6 Å². The number of hydrogen-bond acceptors (Lipinski definition) is 6. The van der Waals surface area contributed by atoms with Crippen LogP contribution in [0.4, 0.5) is 5.13 Å². The van der Waals surface area contributed by atoms with E-state index in [1.165, 1.54) is 11.3 Å². The molecule has 0 spiro atoms. The van der Waals surface area contributed by atoms with Crippen LogP contribution >= 0.6 is 46.5 Å². The second-order valence-electron chi connectivity index (χ2n) is 4.68. The minimum atomic E-state index is -0.00935. The zero-order valence-corrected chi connectivity index (χ0v) is 16.0. The number of anilines is 1. The van der Waals surface area contributed by atoms with Gasteiger partial charge in [-0.15, -0.1) is 22.0 Å². The number of nitrogens with zero attached hydrogens (tertiary/aromatic N) is 2. The molecule has 0 fully saturated rings. The lowest BCUT2D eigenvalue weighted by molar-refractivity contribution is -0.116. The van der Waals surface area contributed by atoms with Gasteiger partial charge in [0.25, 0.3) is 0 Å². The van der Waals surface area contributed by atoms with Crippen LogP contribution in [-0.2, 0) is 4.79 Å². The maximum Gasteiger partial charge on any atom is 0.226 e. The van der Waals surface area contributed by atoms with Gasteiger partial charge in [0.15, 0.2) is 4.34 Å². The number of carbonyl (C=O) groups excluding carboxylic acids is 1. The van der Waals surface area contributed by atoms with Crippen LogP contribution in [0.1, 0.15) is 26.2 Å². The molecule has 0 aliphatic heterocycles. The third kappa shape index (κ3) is 7.12. The Morgan fingerprint density at radius 2 is 2.00 bits per heavy atom. The van der Waals surface area contributed by atoms with Crippen LogP contribution in [0, 0.1) is 0 Å². The van der Waals surface area contributed by atoms with Crippen LogP contribution in [-0.4, -0.2) is 27.6 Å². The number of carbonyl (C=O) groups is 1. The molecule has 2 rings (SSSR count). The first-order valence-corrected chi connectivity index (χ1v) is 10.5. The number of nitrogens with one attached hydrogen (secondary N) is 1. The van der Waals surface area contributed by atoms with E-state index < -0.39 is 0 Å². The molecule has 1 heterocycles.